The summed E-state index contributed by atoms with van der Waals surface area (Å²) in [6.07, 6.45) is 4.59. The van der Waals surface area contributed by atoms with E-state index in [1.54, 1.807) is 0 Å². The maximum Gasteiger partial charge on any atom is 0.0991 e. The quantitative estimate of drug-likeness (QED) is 0.203. The summed E-state index contributed by atoms with van der Waals surface area (Å²) in [6, 6.07) is 40.7. The molecule has 0 saturated carbocycles. The summed E-state index contributed by atoms with van der Waals surface area (Å²) in [7, 11) is 0. The number of allylic oxidation sites excluding steroid dienone is 1. The fourth-order valence-corrected chi connectivity index (χ4v) is 9.65. The van der Waals surface area contributed by atoms with Crippen LogP contribution in [-0.4, -0.2) is 4.57 Å². The van der Waals surface area contributed by atoms with Crippen molar-refractivity contribution in [2.75, 3.05) is 0 Å². The molecular weight excluding hydrogens is 563 g/mol. The minimum atomic E-state index is 0.248. The van der Waals surface area contributed by atoms with E-state index in [0.29, 0.717) is 11.1 Å². The van der Waals surface area contributed by atoms with Crippen LogP contribution in [0.1, 0.15) is 38.3 Å². The Labute approximate surface area is 256 Å². The molecule has 2 aromatic heterocycles. The van der Waals surface area contributed by atoms with E-state index in [-0.39, 0.29) is 11.2 Å². The first kappa shape index (κ1) is 24.5. The number of thiophene rings is 1. The van der Waals surface area contributed by atoms with Crippen molar-refractivity contribution < 1.29 is 0 Å². The summed E-state index contributed by atoms with van der Waals surface area (Å²) in [5.41, 5.74) is 9.48. The van der Waals surface area contributed by atoms with E-state index in [9.17, 15) is 10.5 Å². The van der Waals surface area contributed by atoms with Crippen LogP contribution in [-0.2, 0) is 0 Å². The third-order valence-electron chi connectivity index (χ3n) is 8.83. The number of fused-ring (bicyclic) bond motifs is 10. The normalized spacial score (nSPS) is 16.6. The fraction of sp³-hybridized carbons (Fsp3) is 0.0526. The Hall–Kier alpha value is -5.07. The number of nitriles is 2. The second kappa shape index (κ2) is 9.21. The van der Waals surface area contributed by atoms with Gasteiger partial charge in [-0.3, -0.25) is 0 Å². The van der Waals surface area contributed by atoms with Gasteiger partial charge in [0, 0.05) is 42.0 Å². The van der Waals surface area contributed by atoms with Crippen molar-refractivity contribution in [2.45, 2.75) is 16.1 Å². The van der Waals surface area contributed by atoms with Gasteiger partial charge < -0.3 is 4.57 Å². The average Bonchev–Trinajstić information content (AvgIpc) is 3.73. The first-order valence-corrected chi connectivity index (χ1v) is 15.9. The van der Waals surface area contributed by atoms with E-state index < -0.39 is 0 Å². The van der Waals surface area contributed by atoms with Gasteiger partial charge in [0.1, 0.15) is 0 Å². The van der Waals surface area contributed by atoms with E-state index >= 15 is 0 Å². The van der Waals surface area contributed by atoms with E-state index in [0.717, 1.165) is 27.8 Å². The van der Waals surface area contributed by atoms with Crippen LogP contribution in [0.5, 0.6) is 0 Å². The molecule has 43 heavy (non-hydrogen) atoms. The van der Waals surface area contributed by atoms with Crippen molar-refractivity contribution in [3.05, 3.63) is 136 Å². The molecule has 0 N–H and O–H groups in total. The number of para-hydroxylation sites is 2. The minimum Gasteiger partial charge on any atom is -0.309 e. The Morgan fingerprint density at radius 1 is 0.698 bits per heavy atom. The molecule has 0 radical (unpaired) electrons. The molecular formula is C38H21N3S2. The van der Waals surface area contributed by atoms with Crippen molar-refractivity contribution in [2.24, 2.45) is 0 Å². The van der Waals surface area contributed by atoms with Gasteiger partial charge in [-0.15, -0.1) is 23.1 Å². The van der Waals surface area contributed by atoms with Gasteiger partial charge >= 0.3 is 0 Å². The predicted molar refractivity (Wildman–Crippen MR) is 178 cm³/mol. The lowest BCUT2D eigenvalue weighted by atomic mass is 9.86. The molecule has 2 aliphatic rings. The lowest BCUT2D eigenvalue weighted by Gasteiger charge is -2.21. The molecule has 1 aliphatic carbocycles. The molecule has 3 heterocycles. The highest BCUT2D eigenvalue weighted by Crippen LogP contribution is 2.60. The molecule has 2 atom stereocenters. The summed E-state index contributed by atoms with van der Waals surface area (Å²) in [6.45, 7) is 0. The molecule has 5 heteroatoms. The Bertz CT molecular complexity index is 2380. The van der Waals surface area contributed by atoms with Gasteiger partial charge in [-0.2, -0.15) is 10.5 Å². The first-order chi connectivity index (χ1) is 21.2. The summed E-state index contributed by atoms with van der Waals surface area (Å²) in [5, 5.41) is 23.4. The molecule has 3 nitrogen and oxygen atoms in total. The maximum atomic E-state index is 9.91. The number of hydrogen-bond acceptors (Lipinski definition) is 4. The lowest BCUT2D eigenvalue weighted by Crippen LogP contribution is -2.05. The van der Waals surface area contributed by atoms with Gasteiger partial charge in [0.15, 0.2) is 0 Å². The van der Waals surface area contributed by atoms with Crippen molar-refractivity contribution in [3.8, 4) is 29.0 Å². The highest BCUT2D eigenvalue weighted by atomic mass is 32.2. The molecule has 7 aromatic rings. The minimum absolute atomic E-state index is 0.248. The molecule has 9 rings (SSSR count). The van der Waals surface area contributed by atoms with Crippen LogP contribution in [0.2, 0.25) is 0 Å². The zero-order valence-electron chi connectivity index (χ0n) is 22.8. The maximum absolute atomic E-state index is 9.91. The van der Waals surface area contributed by atoms with E-state index in [2.05, 4.69) is 114 Å². The van der Waals surface area contributed by atoms with Gasteiger partial charge in [0.25, 0.3) is 0 Å². The third kappa shape index (κ3) is 3.53. The number of hydrogen-bond donors (Lipinski definition) is 0. The highest BCUT2D eigenvalue weighted by molar-refractivity contribution is 8.00. The molecule has 5 aromatic carbocycles. The van der Waals surface area contributed by atoms with E-state index in [4.69, 9.17) is 0 Å². The van der Waals surface area contributed by atoms with Crippen molar-refractivity contribution in [3.63, 3.8) is 0 Å². The van der Waals surface area contributed by atoms with Gasteiger partial charge in [-0.05, 0) is 88.8 Å². The van der Waals surface area contributed by atoms with Gasteiger partial charge in [0.2, 0.25) is 0 Å². The van der Waals surface area contributed by atoms with Crippen LogP contribution in [0.25, 0.3) is 54.8 Å². The molecule has 0 fully saturated rings. The van der Waals surface area contributed by atoms with Crippen LogP contribution < -0.4 is 0 Å². The van der Waals surface area contributed by atoms with Crippen LogP contribution >= 0.6 is 23.1 Å². The van der Waals surface area contributed by atoms with E-state index in [1.807, 2.05) is 41.3 Å². The Kier molecular flexibility index (Phi) is 5.25. The topological polar surface area (TPSA) is 52.5 Å². The smallest absolute Gasteiger partial charge is 0.0991 e. The Morgan fingerprint density at radius 3 is 2.19 bits per heavy atom. The van der Waals surface area contributed by atoms with Gasteiger partial charge in [-0.25, -0.2) is 0 Å². The summed E-state index contributed by atoms with van der Waals surface area (Å²) >= 11 is 3.75. The third-order valence-corrected chi connectivity index (χ3v) is 11.4. The fourth-order valence-electron chi connectivity index (χ4n) is 6.93. The van der Waals surface area contributed by atoms with Crippen molar-refractivity contribution in [1.29, 1.82) is 10.5 Å². The zero-order valence-corrected chi connectivity index (χ0v) is 24.4. The highest BCUT2D eigenvalue weighted by Gasteiger charge is 2.38. The second-order valence-corrected chi connectivity index (χ2v) is 13.4. The van der Waals surface area contributed by atoms with Gasteiger partial charge in [0.05, 0.1) is 40.0 Å². The van der Waals surface area contributed by atoms with Crippen molar-refractivity contribution >= 4 is 61.1 Å². The molecule has 0 saturated heterocycles. The molecule has 2 unspecified atom stereocenters. The Morgan fingerprint density at radius 2 is 1.42 bits per heavy atom. The number of aromatic nitrogens is 1. The molecule has 0 amide bonds. The SMILES string of the molecule is N#Cc1ccc(-n2c3ccccc3c3ccccc32)c(-c2ccc3sc4c(c3c2)C2Sc3ccc(C#N)cc3C2C=C4)c1. The van der Waals surface area contributed by atoms with Crippen LogP contribution in [0.4, 0.5) is 0 Å². The van der Waals surface area contributed by atoms with Crippen LogP contribution in [0.15, 0.2) is 114 Å². The Balaban J connectivity index is 1.26. The number of benzene rings is 5. The van der Waals surface area contributed by atoms with Crippen molar-refractivity contribution in [1.82, 2.24) is 4.57 Å². The van der Waals surface area contributed by atoms with Crippen LogP contribution in [0, 0.1) is 22.7 Å². The second-order valence-electron chi connectivity index (χ2n) is 11.1. The monoisotopic (exact) mass is 583 g/mol. The molecule has 200 valence electrons. The van der Waals surface area contributed by atoms with Gasteiger partial charge in [-0.1, -0.05) is 48.5 Å². The summed E-state index contributed by atoms with van der Waals surface area (Å²) in [5.74, 6) is 0.248. The molecule has 1 aliphatic heterocycles. The van der Waals surface area contributed by atoms with Crippen LogP contribution in [0.3, 0.4) is 0 Å². The number of rotatable bonds is 2. The number of thioether (sulfide) groups is 1. The summed E-state index contributed by atoms with van der Waals surface area (Å²) in [4.78, 5) is 2.57. The molecule has 0 bridgehead atoms. The summed E-state index contributed by atoms with van der Waals surface area (Å²) < 4.78 is 3.60. The largest absolute Gasteiger partial charge is 0.309 e. The lowest BCUT2D eigenvalue weighted by molar-refractivity contribution is 0.828. The average molecular weight is 584 g/mol. The first-order valence-electron chi connectivity index (χ1n) is 14.2. The standard InChI is InChI=1S/C38H21N3S2/c39-20-22-9-13-33(41-31-7-3-1-5-25(31)26-6-2-4-8-32(26)41)28(17-22)24-11-15-35-30(19-24)37-36(42-35)16-12-27-29-18-23(21-40)10-14-34(29)43-38(27)37/h1-19,27,38H. The molecule has 0 spiro atoms. The number of nitrogens with zero attached hydrogens (tertiary/aromatic N) is 3. The van der Waals surface area contributed by atoms with E-state index in [1.165, 1.54) is 41.8 Å². The zero-order chi connectivity index (χ0) is 28.7. The predicted octanol–water partition coefficient (Wildman–Crippen LogP) is 10.4.